The molecule has 2 amide bonds. The highest BCUT2D eigenvalue weighted by Gasteiger charge is 2.03. The second-order valence-electron chi connectivity index (χ2n) is 5.08. The fraction of sp³-hybridized carbons (Fsp3) is 0.867. The van der Waals surface area contributed by atoms with Crippen molar-refractivity contribution in [2.45, 2.75) is 45.4 Å². The van der Waals surface area contributed by atoms with Crippen LogP contribution in [0.15, 0.2) is 0 Å². The summed E-state index contributed by atoms with van der Waals surface area (Å²) in [5.41, 5.74) is 0. The first kappa shape index (κ1) is 23.0. The van der Waals surface area contributed by atoms with Crippen molar-refractivity contribution in [2.75, 3.05) is 39.5 Å². The van der Waals surface area contributed by atoms with E-state index in [4.69, 9.17) is 14.6 Å². The average Bonchev–Trinajstić information content (AvgIpc) is 2.57. The highest BCUT2D eigenvalue weighted by Crippen LogP contribution is 2.01. The van der Waals surface area contributed by atoms with Gasteiger partial charge in [-0.3, -0.25) is 9.52 Å². The molecule has 0 heterocycles. The number of carbonyl (C=O) groups is 2. The minimum Gasteiger partial charge on any atom is -0.449 e. The number of nitrogens with one attached hydrogen (secondary N) is 3. The third-order valence-corrected chi connectivity index (χ3v) is 3.54. The number of hydrogen-bond acceptors (Lipinski definition) is 7. The third kappa shape index (κ3) is 17.3. The number of aliphatic hydroxyl groups is 1. The van der Waals surface area contributed by atoms with Crippen LogP contribution in [0.4, 0.5) is 4.79 Å². The van der Waals surface area contributed by atoms with Crippen molar-refractivity contribution >= 4 is 24.1 Å². The Morgan fingerprint density at radius 1 is 1.04 bits per heavy atom. The van der Waals surface area contributed by atoms with E-state index in [0.717, 1.165) is 31.4 Å². The molecule has 0 unspecified atom stereocenters. The summed E-state index contributed by atoms with van der Waals surface area (Å²) in [6, 6.07) is 0. The predicted molar refractivity (Wildman–Crippen MR) is 94.4 cm³/mol. The van der Waals surface area contributed by atoms with E-state index in [1.54, 1.807) is 0 Å². The van der Waals surface area contributed by atoms with Gasteiger partial charge in [-0.25, -0.2) is 9.52 Å². The summed E-state index contributed by atoms with van der Waals surface area (Å²) in [6.07, 6.45) is 4.95. The van der Waals surface area contributed by atoms with Crippen molar-refractivity contribution in [2.24, 2.45) is 0 Å². The van der Waals surface area contributed by atoms with E-state index < -0.39 is 6.09 Å². The van der Waals surface area contributed by atoms with Gasteiger partial charge in [-0.15, -0.1) is 0 Å². The molecule has 0 aliphatic rings. The van der Waals surface area contributed by atoms with Crippen LogP contribution in [0.5, 0.6) is 0 Å². The quantitative estimate of drug-likeness (QED) is 0.241. The molecule has 0 aromatic rings. The Kier molecular flexibility index (Phi) is 17.5. The molecule has 8 nitrogen and oxygen atoms in total. The Bertz CT molecular complexity index is 321. The summed E-state index contributed by atoms with van der Waals surface area (Å²) in [7, 11) is 0. The summed E-state index contributed by atoms with van der Waals surface area (Å²) < 4.78 is 15.3. The molecule has 0 fully saturated rings. The largest absolute Gasteiger partial charge is 0.449 e. The van der Waals surface area contributed by atoms with Crippen molar-refractivity contribution < 1.29 is 24.2 Å². The van der Waals surface area contributed by atoms with Crippen molar-refractivity contribution in [1.29, 1.82) is 0 Å². The molecule has 4 N–H and O–H groups in total. The van der Waals surface area contributed by atoms with E-state index in [1.807, 2.05) is 0 Å². The maximum absolute atomic E-state index is 11.5. The second kappa shape index (κ2) is 18.3. The Morgan fingerprint density at radius 3 is 2.62 bits per heavy atom. The lowest BCUT2D eigenvalue weighted by Gasteiger charge is -2.08. The maximum Gasteiger partial charge on any atom is 0.418 e. The summed E-state index contributed by atoms with van der Waals surface area (Å²) in [5, 5.41) is 11.3. The van der Waals surface area contributed by atoms with Gasteiger partial charge in [0.1, 0.15) is 0 Å². The molecule has 0 aromatic carbocycles. The Hall–Kier alpha value is -1.03. The normalized spacial score (nSPS) is 10.4. The number of carbonyl (C=O) groups excluding carboxylic acids is 2. The van der Waals surface area contributed by atoms with E-state index >= 15 is 0 Å². The number of amides is 2. The molecule has 0 saturated heterocycles. The van der Waals surface area contributed by atoms with Crippen molar-refractivity contribution in [3.05, 3.63) is 0 Å². The van der Waals surface area contributed by atoms with Gasteiger partial charge in [-0.05, 0) is 12.8 Å². The lowest BCUT2D eigenvalue weighted by atomic mass is 10.1. The number of ether oxygens (including phenoxy) is 2. The van der Waals surface area contributed by atoms with Gasteiger partial charge in [0, 0.05) is 31.6 Å². The van der Waals surface area contributed by atoms with Crippen LogP contribution >= 0.6 is 12.1 Å². The lowest BCUT2D eigenvalue weighted by Crippen LogP contribution is -2.27. The fourth-order valence-corrected chi connectivity index (χ4v) is 2.10. The molecular weight excluding hydrogens is 334 g/mol. The van der Waals surface area contributed by atoms with Crippen LogP contribution in [0.2, 0.25) is 0 Å². The van der Waals surface area contributed by atoms with E-state index in [2.05, 4.69) is 21.7 Å². The predicted octanol–water partition coefficient (Wildman–Crippen LogP) is 1.35. The molecule has 142 valence electrons. The highest BCUT2D eigenvalue weighted by molar-refractivity contribution is 7.96. The van der Waals surface area contributed by atoms with Crippen LogP contribution in [-0.4, -0.2) is 56.6 Å². The van der Waals surface area contributed by atoms with Gasteiger partial charge in [-0.1, -0.05) is 26.2 Å². The zero-order chi connectivity index (χ0) is 17.9. The summed E-state index contributed by atoms with van der Waals surface area (Å²) in [5.74, 6) is 0.0544. The van der Waals surface area contributed by atoms with E-state index in [1.165, 1.54) is 6.42 Å². The van der Waals surface area contributed by atoms with Gasteiger partial charge in [0.15, 0.2) is 0 Å². The van der Waals surface area contributed by atoms with Crippen molar-refractivity contribution in [3.8, 4) is 0 Å². The number of hydrogen-bond donors (Lipinski definition) is 4. The molecule has 0 aromatic heterocycles. The smallest absolute Gasteiger partial charge is 0.418 e. The highest BCUT2D eigenvalue weighted by atomic mass is 32.2. The molecule has 0 atom stereocenters. The van der Waals surface area contributed by atoms with Crippen LogP contribution < -0.4 is 14.8 Å². The van der Waals surface area contributed by atoms with Crippen molar-refractivity contribution in [3.63, 3.8) is 0 Å². The molecule has 0 bridgehead atoms. The minimum absolute atomic E-state index is 0.00295. The molecule has 0 aliphatic heterocycles. The SMILES string of the molecule is CCCCCCC(=O)NCCCOC(=O)NSNCCOCCO. The first-order valence-electron chi connectivity index (χ1n) is 8.47. The zero-order valence-corrected chi connectivity index (χ0v) is 15.3. The monoisotopic (exact) mass is 365 g/mol. The van der Waals surface area contributed by atoms with Crippen LogP contribution in [0.25, 0.3) is 0 Å². The third-order valence-electron chi connectivity index (χ3n) is 2.92. The molecule has 24 heavy (non-hydrogen) atoms. The second-order valence-corrected chi connectivity index (χ2v) is 5.78. The van der Waals surface area contributed by atoms with Gasteiger partial charge in [0.2, 0.25) is 5.91 Å². The summed E-state index contributed by atoms with van der Waals surface area (Å²) in [6.45, 7) is 4.18. The van der Waals surface area contributed by atoms with E-state index in [-0.39, 0.29) is 19.1 Å². The van der Waals surface area contributed by atoms with Crippen LogP contribution in [0.3, 0.4) is 0 Å². The Morgan fingerprint density at radius 2 is 1.88 bits per heavy atom. The number of rotatable bonds is 16. The first-order chi connectivity index (χ1) is 11.7. The molecular formula is C15H31N3O5S. The topological polar surface area (TPSA) is 109 Å². The summed E-state index contributed by atoms with van der Waals surface area (Å²) >= 11 is 1.01. The standard InChI is InChI=1S/C15H31N3O5S/c1-2-3-4-5-7-14(20)16-8-6-11-23-15(21)18-24-17-9-12-22-13-10-19/h17,19H,2-13H2,1H3,(H,16,20)(H,18,21). The van der Waals surface area contributed by atoms with Gasteiger partial charge < -0.3 is 19.9 Å². The molecule has 0 aliphatic carbocycles. The van der Waals surface area contributed by atoms with Gasteiger partial charge in [0.25, 0.3) is 0 Å². The molecule has 0 rings (SSSR count). The number of aliphatic hydroxyl groups excluding tert-OH is 1. The van der Waals surface area contributed by atoms with E-state index in [9.17, 15) is 9.59 Å². The van der Waals surface area contributed by atoms with Crippen LogP contribution in [-0.2, 0) is 14.3 Å². The molecule has 0 radical (unpaired) electrons. The summed E-state index contributed by atoms with van der Waals surface area (Å²) in [4.78, 5) is 22.8. The average molecular weight is 365 g/mol. The van der Waals surface area contributed by atoms with Gasteiger partial charge >= 0.3 is 6.09 Å². The fourth-order valence-electron chi connectivity index (χ4n) is 1.70. The van der Waals surface area contributed by atoms with E-state index in [0.29, 0.717) is 39.1 Å². The van der Waals surface area contributed by atoms with Crippen LogP contribution in [0.1, 0.15) is 45.4 Å². The maximum atomic E-state index is 11.5. The van der Waals surface area contributed by atoms with Crippen LogP contribution in [0, 0.1) is 0 Å². The Labute approximate surface area is 148 Å². The first-order valence-corrected chi connectivity index (χ1v) is 9.29. The molecule has 0 saturated carbocycles. The minimum atomic E-state index is -0.533. The lowest BCUT2D eigenvalue weighted by molar-refractivity contribution is -0.121. The van der Waals surface area contributed by atoms with Crippen molar-refractivity contribution in [1.82, 2.24) is 14.8 Å². The number of unbranched alkanes of at least 4 members (excludes halogenated alkanes) is 3. The van der Waals surface area contributed by atoms with Gasteiger partial charge in [-0.2, -0.15) is 0 Å². The Balaban J connectivity index is 3.29. The molecule has 0 spiro atoms. The van der Waals surface area contributed by atoms with Gasteiger partial charge in [0.05, 0.1) is 26.4 Å². The zero-order valence-electron chi connectivity index (χ0n) is 14.5. The molecule has 9 heteroatoms.